The summed E-state index contributed by atoms with van der Waals surface area (Å²) < 4.78 is 27.0. The summed E-state index contributed by atoms with van der Waals surface area (Å²) in [4.78, 5) is 29.1. The van der Waals surface area contributed by atoms with Crippen molar-refractivity contribution >= 4 is 27.5 Å². The van der Waals surface area contributed by atoms with Gasteiger partial charge in [0.05, 0.1) is 11.9 Å². The topological polar surface area (TPSA) is 86.8 Å². The van der Waals surface area contributed by atoms with Crippen molar-refractivity contribution in [1.82, 2.24) is 10.2 Å². The highest BCUT2D eigenvalue weighted by molar-refractivity contribution is 7.92. The fourth-order valence-corrected chi connectivity index (χ4v) is 5.31. The van der Waals surface area contributed by atoms with Gasteiger partial charge in [0.25, 0.3) is 0 Å². The molecule has 2 amide bonds. The van der Waals surface area contributed by atoms with Gasteiger partial charge in [-0.15, -0.1) is 0 Å². The fraction of sp³-hybridized carbons (Fsp3) is 0.375. The molecule has 3 aromatic carbocycles. The Morgan fingerprint density at radius 1 is 0.825 bits per heavy atom. The van der Waals surface area contributed by atoms with Gasteiger partial charge < -0.3 is 10.2 Å². The average molecular weight is 564 g/mol. The number of hydrogen-bond donors (Lipinski definition) is 1. The van der Waals surface area contributed by atoms with E-state index in [1.165, 1.54) is 4.90 Å². The number of nitrogens with zero attached hydrogens (tertiary/aromatic N) is 2. The van der Waals surface area contributed by atoms with Crippen molar-refractivity contribution in [2.75, 3.05) is 17.1 Å². The number of carbonyl (C=O) groups is 2. The largest absolute Gasteiger partial charge is 0.352 e. The second-order valence-electron chi connectivity index (χ2n) is 11.4. The molecule has 3 rings (SSSR count). The Kier molecular flexibility index (Phi) is 10.1. The molecule has 0 spiro atoms. The number of nitrogens with one attached hydrogen (secondary N) is 1. The van der Waals surface area contributed by atoms with E-state index >= 15 is 0 Å². The van der Waals surface area contributed by atoms with Gasteiger partial charge in [-0.25, -0.2) is 8.42 Å². The lowest BCUT2D eigenvalue weighted by molar-refractivity contribution is -0.140. The zero-order valence-corrected chi connectivity index (χ0v) is 25.1. The van der Waals surface area contributed by atoms with E-state index in [1.54, 1.807) is 12.1 Å². The number of rotatable bonds is 11. The summed E-state index contributed by atoms with van der Waals surface area (Å²) in [6, 6.07) is 25.2. The molecule has 8 heteroatoms. The quantitative estimate of drug-likeness (QED) is 0.359. The van der Waals surface area contributed by atoms with Crippen molar-refractivity contribution < 1.29 is 18.0 Å². The van der Waals surface area contributed by atoms with Gasteiger partial charge in [-0.3, -0.25) is 13.9 Å². The number of benzene rings is 3. The van der Waals surface area contributed by atoms with Crippen molar-refractivity contribution in [3.05, 3.63) is 102 Å². The first kappa shape index (κ1) is 30.9. The molecular formula is C32H41N3O4S. The maximum Gasteiger partial charge on any atom is 0.244 e. The smallest absolute Gasteiger partial charge is 0.244 e. The van der Waals surface area contributed by atoms with Gasteiger partial charge in [-0.2, -0.15) is 0 Å². The van der Waals surface area contributed by atoms with E-state index in [-0.39, 0.29) is 30.3 Å². The van der Waals surface area contributed by atoms with E-state index < -0.39 is 28.5 Å². The summed E-state index contributed by atoms with van der Waals surface area (Å²) in [6.07, 6.45) is 1.38. The summed E-state index contributed by atoms with van der Waals surface area (Å²) in [5.41, 5.74) is 3.08. The molecule has 0 aliphatic carbocycles. The van der Waals surface area contributed by atoms with E-state index in [0.29, 0.717) is 5.69 Å². The third kappa shape index (κ3) is 8.68. The molecule has 1 atom stereocenters. The van der Waals surface area contributed by atoms with Crippen LogP contribution in [0.4, 0.5) is 5.69 Å². The minimum Gasteiger partial charge on any atom is -0.352 e. The Morgan fingerprint density at radius 2 is 1.35 bits per heavy atom. The fourth-order valence-electron chi connectivity index (χ4n) is 4.46. The Labute approximate surface area is 239 Å². The lowest BCUT2D eigenvalue weighted by Gasteiger charge is -2.34. The van der Waals surface area contributed by atoms with E-state index in [0.717, 1.165) is 27.3 Å². The Bertz CT molecular complexity index is 1370. The first-order chi connectivity index (χ1) is 18.8. The predicted molar refractivity (Wildman–Crippen MR) is 162 cm³/mol. The number of anilines is 1. The molecule has 0 radical (unpaired) electrons. The summed E-state index contributed by atoms with van der Waals surface area (Å²) in [7, 11) is -3.81. The lowest BCUT2D eigenvalue weighted by atomic mass is 9.87. The first-order valence-corrected chi connectivity index (χ1v) is 15.4. The molecule has 0 fully saturated rings. The molecule has 0 aliphatic heterocycles. The Morgan fingerprint density at radius 3 is 1.82 bits per heavy atom. The zero-order valence-electron chi connectivity index (χ0n) is 24.3. The number of carbonyl (C=O) groups excluding carboxylic acids is 2. The van der Waals surface area contributed by atoms with Crippen molar-refractivity contribution in [1.29, 1.82) is 0 Å². The standard InChI is InChI=1S/C32H41N3O4S/c1-24(2)33-31(37)29(21-25-13-9-7-10-14-25)34(22-26-15-11-8-12-16-26)30(36)23-35(40(6,38)39)28-19-17-27(18-20-28)32(3,4)5/h7-20,24,29H,21-23H2,1-6H3,(H,33,37). The van der Waals surface area contributed by atoms with Crippen molar-refractivity contribution in [2.45, 2.75) is 65.1 Å². The lowest BCUT2D eigenvalue weighted by Crippen LogP contribution is -2.54. The van der Waals surface area contributed by atoms with Crippen LogP contribution in [0.2, 0.25) is 0 Å². The normalized spacial score (nSPS) is 12.6. The average Bonchev–Trinajstić information content (AvgIpc) is 2.89. The van der Waals surface area contributed by atoms with Crippen LogP contribution in [0.1, 0.15) is 51.3 Å². The molecule has 0 saturated heterocycles. The maximum absolute atomic E-state index is 14.1. The van der Waals surface area contributed by atoms with Gasteiger partial charge in [-0.05, 0) is 48.1 Å². The van der Waals surface area contributed by atoms with Gasteiger partial charge in [0.15, 0.2) is 0 Å². The molecule has 214 valence electrons. The van der Waals surface area contributed by atoms with Gasteiger partial charge in [0.1, 0.15) is 12.6 Å². The Balaban J connectivity index is 2.03. The van der Waals surface area contributed by atoms with Crippen LogP contribution in [0.15, 0.2) is 84.9 Å². The van der Waals surface area contributed by atoms with Crippen molar-refractivity contribution in [2.24, 2.45) is 0 Å². The van der Waals surface area contributed by atoms with Crippen LogP contribution in [0.5, 0.6) is 0 Å². The van der Waals surface area contributed by atoms with Crippen LogP contribution in [-0.4, -0.2) is 50.0 Å². The number of hydrogen-bond acceptors (Lipinski definition) is 4. The highest BCUT2D eigenvalue weighted by Gasteiger charge is 2.33. The monoisotopic (exact) mass is 563 g/mol. The molecule has 0 bridgehead atoms. The zero-order chi connectivity index (χ0) is 29.5. The second-order valence-corrected chi connectivity index (χ2v) is 13.3. The minimum absolute atomic E-state index is 0.106. The first-order valence-electron chi connectivity index (χ1n) is 13.5. The molecule has 0 aromatic heterocycles. The van der Waals surface area contributed by atoms with Crippen LogP contribution in [0, 0.1) is 0 Å². The molecule has 1 N–H and O–H groups in total. The predicted octanol–water partition coefficient (Wildman–Crippen LogP) is 4.91. The van der Waals surface area contributed by atoms with Gasteiger partial charge in [0, 0.05) is 19.0 Å². The van der Waals surface area contributed by atoms with Crippen LogP contribution >= 0.6 is 0 Å². The van der Waals surface area contributed by atoms with Gasteiger partial charge in [-0.1, -0.05) is 93.6 Å². The van der Waals surface area contributed by atoms with E-state index in [4.69, 9.17) is 0 Å². The number of sulfonamides is 1. The molecule has 0 heterocycles. The molecule has 0 saturated carbocycles. The highest BCUT2D eigenvalue weighted by atomic mass is 32.2. The van der Waals surface area contributed by atoms with Crippen molar-refractivity contribution in [3.8, 4) is 0 Å². The number of amides is 2. The van der Waals surface area contributed by atoms with E-state index in [9.17, 15) is 18.0 Å². The summed E-state index contributed by atoms with van der Waals surface area (Å²) >= 11 is 0. The van der Waals surface area contributed by atoms with Gasteiger partial charge in [0.2, 0.25) is 21.8 Å². The second kappa shape index (κ2) is 13.1. The minimum atomic E-state index is -3.81. The van der Waals surface area contributed by atoms with Crippen LogP contribution in [0.25, 0.3) is 0 Å². The van der Waals surface area contributed by atoms with Crippen LogP contribution in [0.3, 0.4) is 0 Å². The Hall–Kier alpha value is -3.65. The summed E-state index contributed by atoms with van der Waals surface area (Å²) in [6.45, 7) is 9.70. The van der Waals surface area contributed by atoms with Crippen LogP contribution < -0.4 is 9.62 Å². The summed E-state index contributed by atoms with van der Waals surface area (Å²) in [5.74, 6) is -0.752. The SMILES string of the molecule is CC(C)NC(=O)C(Cc1ccccc1)N(Cc1ccccc1)C(=O)CN(c1ccc(C(C)(C)C)cc1)S(C)(=O)=O. The third-order valence-corrected chi connectivity index (χ3v) is 7.74. The van der Waals surface area contributed by atoms with Crippen molar-refractivity contribution in [3.63, 3.8) is 0 Å². The van der Waals surface area contributed by atoms with Gasteiger partial charge >= 0.3 is 0 Å². The molecule has 40 heavy (non-hydrogen) atoms. The highest BCUT2D eigenvalue weighted by Crippen LogP contribution is 2.26. The molecular weight excluding hydrogens is 522 g/mol. The van der Waals surface area contributed by atoms with E-state index in [2.05, 4.69) is 26.1 Å². The molecule has 3 aromatic rings. The molecule has 0 aliphatic rings. The third-order valence-electron chi connectivity index (χ3n) is 6.60. The molecule has 7 nitrogen and oxygen atoms in total. The van der Waals surface area contributed by atoms with Crippen LogP contribution in [-0.2, 0) is 38.0 Å². The van der Waals surface area contributed by atoms with E-state index in [1.807, 2.05) is 86.6 Å². The summed E-state index contributed by atoms with van der Waals surface area (Å²) in [5, 5.41) is 2.96. The maximum atomic E-state index is 14.1. The molecule has 1 unspecified atom stereocenters.